The maximum absolute atomic E-state index is 11.8. The van der Waals surface area contributed by atoms with Crippen molar-refractivity contribution in [2.75, 3.05) is 20.2 Å². The summed E-state index contributed by atoms with van der Waals surface area (Å²) in [6.07, 6.45) is 4.32. The molecule has 7 nitrogen and oxygen atoms in total. The number of esters is 1. The number of carbonyl (C=O) groups is 2. The Morgan fingerprint density at radius 1 is 1.43 bits per heavy atom. The highest BCUT2D eigenvalue weighted by molar-refractivity contribution is 5.88. The van der Waals surface area contributed by atoms with Gasteiger partial charge in [0.15, 0.2) is 5.69 Å². The van der Waals surface area contributed by atoms with Crippen LogP contribution >= 0.6 is 0 Å². The number of nitrogens with zero attached hydrogens (tertiary/aromatic N) is 2. The van der Waals surface area contributed by atoms with E-state index < -0.39 is 5.97 Å². The van der Waals surface area contributed by atoms with Gasteiger partial charge in [0.2, 0.25) is 5.91 Å². The predicted octanol–water partition coefficient (Wildman–Crippen LogP) is 1.65. The second-order valence-electron chi connectivity index (χ2n) is 5.95. The maximum atomic E-state index is 11.8. The first-order valence-corrected chi connectivity index (χ1v) is 8.05. The number of hydrogen-bond acceptors (Lipinski definition) is 6. The lowest BCUT2D eigenvalue weighted by Crippen LogP contribution is -2.41. The zero-order chi connectivity index (χ0) is 16.8. The van der Waals surface area contributed by atoms with E-state index in [-0.39, 0.29) is 11.6 Å². The molecule has 1 aromatic rings. The molecule has 2 rings (SSSR count). The molecule has 0 bridgehead atoms. The van der Waals surface area contributed by atoms with E-state index in [1.807, 2.05) is 6.92 Å². The normalized spacial score (nSPS) is 18.7. The summed E-state index contributed by atoms with van der Waals surface area (Å²) < 4.78 is 9.94. The van der Waals surface area contributed by atoms with Crippen molar-refractivity contribution < 1.29 is 18.8 Å². The minimum Gasteiger partial charge on any atom is -0.464 e. The fourth-order valence-electron chi connectivity index (χ4n) is 3.05. The second-order valence-corrected chi connectivity index (χ2v) is 5.95. The number of hydrogen-bond donors (Lipinski definition) is 1. The van der Waals surface area contributed by atoms with Crippen LogP contribution < -0.4 is 5.32 Å². The third-order valence-electron chi connectivity index (χ3n) is 4.33. The molecule has 0 saturated carbocycles. The van der Waals surface area contributed by atoms with E-state index in [9.17, 15) is 9.59 Å². The number of nitrogens with one attached hydrogen (secondary N) is 1. The average Bonchev–Trinajstić information content (AvgIpc) is 2.89. The zero-order valence-electron chi connectivity index (χ0n) is 14.1. The van der Waals surface area contributed by atoms with Gasteiger partial charge in [-0.3, -0.25) is 9.69 Å². The summed E-state index contributed by atoms with van der Waals surface area (Å²) in [7, 11) is 1.34. The predicted molar refractivity (Wildman–Crippen MR) is 83.9 cm³/mol. The molecular formula is C16H25N3O4. The number of methoxy groups -OCH3 is 1. The third kappa shape index (κ3) is 4.54. The van der Waals surface area contributed by atoms with Crippen molar-refractivity contribution in [3.63, 3.8) is 0 Å². The van der Waals surface area contributed by atoms with Crippen LogP contribution in [0, 0.1) is 6.92 Å². The summed E-state index contributed by atoms with van der Waals surface area (Å²) in [5.74, 6) is 0.176. The molecule has 7 heteroatoms. The van der Waals surface area contributed by atoms with Crippen molar-refractivity contribution in [2.24, 2.45) is 0 Å². The SMILES string of the molecule is COC(=O)c1noc(C)c1CN1CCCCC1CCNC(C)=O. The van der Waals surface area contributed by atoms with Crippen LogP contribution in [0.25, 0.3) is 0 Å². The number of likely N-dealkylation sites (tertiary alicyclic amines) is 1. The molecule has 1 atom stereocenters. The monoisotopic (exact) mass is 323 g/mol. The molecule has 0 spiro atoms. The van der Waals surface area contributed by atoms with Gasteiger partial charge in [-0.15, -0.1) is 0 Å². The van der Waals surface area contributed by atoms with Crippen molar-refractivity contribution in [3.05, 3.63) is 17.0 Å². The molecule has 0 radical (unpaired) electrons. The van der Waals surface area contributed by atoms with Gasteiger partial charge in [0.05, 0.1) is 7.11 Å². The van der Waals surface area contributed by atoms with Gasteiger partial charge < -0.3 is 14.6 Å². The van der Waals surface area contributed by atoms with Gasteiger partial charge in [0, 0.05) is 31.6 Å². The van der Waals surface area contributed by atoms with Crippen molar-refractivity contribution in [1.82, 2.24) is 15.4 Å². The highest BCUT2D eigenvalue weighted by Crippen LogP contribution is 2.24. The van der Waals surface area contributed by atoms with E-state index in [4.69, 9.17) is 9.26 Å². The first kappa shape index (κ1) is 17.5. The quantitative estimate of drug-likeness (QED) is 0.801. The topological polar surface area (TPSA) is 84.7 Å². The van der Waals surface area contributed by atoms with E-state index >= 15 is 0 Å². The standard InChI is InChI=1S/C16H25N3O4/c1-11-14(15(18-23-11)16(21)22-3)10-19-9-5-4-6-13(19)7-8-17-12(2)20/h13H,4-10H2,1-3H3,(H,17,20). The molecule has 0 aromatic carbocycles. The lowest BCUT2D eigenvalue weighted by molar-refractivity contribution is -0.119. The summed E-state index contributed by atoms with van der Waals surface area (Å²) in [6.45, 7) is 5.59. The van der Waals surface area contributed by atoms with E-state index in [2.05, 4.69) is 15.4 Å². The molecule has 128 valence electrons. The van der Waals surface area contributed by atoms with Gasteiger partial charge in [-0.05, 0) is 32.7 Å². The van der Waals surface area contributed by atoms with Crippen LogP contribution in [0.2, 0.25) is 0 Å². The van der Waals surface area contributed by atoms with Crippen molar-refractivity contribution >= 4 is 11.9 Å². The van der Waals surface area contributed by atoms with Gasteiger partial charge in [-0.1, -0.05) is 11.6 Å². The minimum atomic E-state index is -0.469. The summed E-state index contributed by atoms with van der Waals surface area (Å²) in [4.78, 5) is 25.2. The lowest BCUT2D eigenvalue weighted by atomic mass is 9.98. The number of carbonyl (C=O) groups excluding carboxylic acids is 2. The fraction of sp³-hybridized carbons (Fsp3) is 0.688. The summed E-state index contributed by atoms with van der Waals surface area (Å²) in [6, 6.07) is 0.385. The Morgan fingerprint density at radius 3 is 2.91 bits per heavy atom. The molecule has 0 aliphatic carbocycles. The van der Waals surface area contributed by atoms with Crippen LogP contribution in [0.4, 0.5) is 0 Å². The van der Waals surface area contributed by atoms with Crippen molar-refractivity contribution in [3.8, 4) is 0 Å². The zero-order valence-corrected chi connectivity index (χ0v) is 14.1. The molecule has 2 heterocycles. The van der Waals surface area contributed by atoms with Crippen LogP contribution in [0.3, 0.4) is 0 Å². The van der Waals surface area contributed by atoms with Crippen LogP contribution in [0.1, 0.15) is 54.4 Å². The number of ether oxygens (including phenoxy) is 1. The first-order valence-electron chi connectivity index (χ1n) is 8.05. The Kier molecular flexibility index (Phi) is 6.15. The van der Waals surface area contributed by atoms with Gasteiger partial charge in [-0.25, -0.2) is 4.79 Å². The molecular weight excluding hydrogens is 298 g/mol. The van der Waals surface area contributed by atoms with Crippen molar-refractivity contribution in [2.45, 2.75) is 52.1 Å². The van der Waals surface area contributed by atoms with Gasteiger partial charge in [0.25, 0.3) is 0 Å². The average molecular weight is 323 g/mol. The van der Waals surface area contributed by atoms with Crippen LogP contribution in [-0.4, -0.2) is 48.2 Å². The number of piperidine rings is 1. The summed E-state index contributed by atoms with van der Waals surface area (Å²) >= 11 is 0. The van der Waals surface area contributed by atoms with Gasteiger partial charge >= 0.3 is 5.97 Å². The molecule has 1 unspecified atom stereocenters. The number of rotatable bonds is 6. The Balaban J connectivity index is 2.05. The van der Waals surface area contributed by atoms with E-state index in [1.54, 1.807) is 0 Å². The van der Waals surface area contributed by atoms with Crippen molar-refractivity contribution in [1.29, 1.82) is 0 Å². The molecule has 1 amide bonds. The fourth-order valence-corrected chi connectivity index (χ4v) is 3.05. The number of aryl methyl sites for hydroxylation is 1. The third-order valence-corrected chi connectivity index (χ3v) is 4.33. The highest BCUT2D eigenvalue weighted by atomic mass is 16.5. The molecule has 1 aliphatic heterocycles. The van der Waals surface area contributed by atoms with Crippen LogP contribution in [0.5, 0.6) is 0 Å². The van der Waals surface area contributed by atoms with Crippen LogP contribution in [0.15, 0.2) is 4.52 Å². The van der Waals surface area contributed by atoms with E-state index in [0.29, 0.717) is 24.9 Å². The Morgan fingerprint density at radius 2 is 2.22 bits per heavy atom. The lowest BCUT2D eigenvalue weighted by Gasteiger charge is -2.35. The Labute approximate surface area is 136 Å². The molecule has 23 heavy (non-hydrogen) atoms. The highest BCUT2D eigenvalue weighted by Gasteiger charge is 2.27. The number of aromatic nitrogens is 1. The summed E-state index contributed by atoms with van der Waals surface area (Å²) in [5, 5.41) is 6.68. The first-order chi connectivity index (χ1) is 11.0. The molecule has 1 saturated heterocycles. The molecule has 1 aliphatic rings. The van der Waals surface area contributed by atoms with Gasteiger partial charge in [-0.2, -0.15) is 0 Å². The molecule has 1 aromatic heterocycles. The Hall–Kier alpha value is -1.89. The maximum Gasteiger partial charge on any atom is 0.360 e. The van der Waals surface area contributed by atoms with E-state index in [1.165, 1.54) is 20.5 Å². The van der Waals surface area contributed by atoms with Crippen LogP contribution in [-0.2, 0) is 16.1 Å². The minimum absolute atomic E-state index is 0.00443. The van der Waals surface area contributed by atoms with E-state index in [0.717, 1.165) is 31.4 Å². The Bertz CT molecular complexity index is 556. The second kappa shape index (κ2) is 8.10. The number of amides is 1. The largest absolute Gasteiger partial charge is 0.464 e. The van der Waals surface area contributed by atoms with Gasteiger partial charge in [0.1, 0.15) is 5.76 Å². The molecule has 1 N–H and O–H groups in total. The molecule has 1 fully saturated rings. The summed E-state index contributed by atoms with van der Waals surface area (Å²) in [5.41, 5.74) is 1.06. The smallest absolute Gasteiger partial charge is 0.360 e.